The lowest BCUT2D eigenvalue weighted by molar-refractivity contribution is 0.242. The van der Waals surface area contributed by atoms with Gasteiger partial charge in [0.2, 0.25) is 0 Å². The number of ether oxygens (including phenoxy) is 1. The van der Waals surface area contributed by atoms with Crippen LogP contribution in [0.15, 0.2) is 61.3 Å². The predicted octanol–water partition coefficient (Wildman–Crippen LogP) is 3.88. The average molecular weight is 350 g/mol. The van der Waals surface area contributed by atoms with Gasteiger partial charge in [-0.05, 0) is 48.4 Å². The Morgan fingerprint density at radius 1 is 1.15 bits per heavy atom. The molecule has 0 saturated heterocycles. The Hall–Kier alpha value is -3.15. The van der Waals surface area contributed by atoms with Gasteiger partial charge in [-0.3, -0.25) is 9.55 Å². The molecule has 0 fully saturated rings. The summed E-state index contributed by atoms with van der Waals surface area (Å²) in [5.74, 6) is 0.780. The van der Waals surface area contributed by atoms with E-state index in [1.165, 1.54) is 10.9 Å². The van der Waals surface area contributed by atoms with E-state index >= 15 is 0 Å². The van der Waals surface area contributed by atoms with Crippen LogP contribution in [0.4, 0.5) is 4.79 Å². The molecule has 0 radical (unpaired) electrons. The van der Waals surface area contributed by atoms with Crippen molar-refractivity contribution in [3.05, 3.63) is 66.9 Å². The van der Waals surface area contributed by atoms with Crippen molar-refractivity contribution in [2.75, 3.05) is 6.54 Å². The number of hydrogen-bond donors (Lipinski definition) is 1. The first-order valence-electron chi connectivity index (χ1n) is 8.70. The van der Waals surface area contributed by atoms with Crippen LogP contribution in [0.1, 0.15) is 25.3 Å². The molecule has 0 unspecified atom stereocenters. The number of nitrogens with one attached hydrogen (secondary N) is 1. The third-order valence-electron chi connectivity index (χ3n) is 3.93. The lowest BCUT2D eigenvalue weighted by Crippen LogP contribution is -2.28. The molecule has 2 heterocycles. The lowest BCUT2D eigenvalue weighted by atomic mass is 10.1. The summed E-state index contributed by atoms with van der Waals surface area (Å²) < 4.78 is 7.23. The van der Waals surface area contributed by atoms with Gasteiger partial charge in [0.25, 0.3) is 0 Å². The van der Waals surface area contributed by atoms with E-state index in [9.17, 15) is 4.79 Å². The van der Waals surface area contributed by atoms with E-state index in [0.717, 1.165) is 35.4 Å². The predicted molar refractivity (Wildman–Crippen MR) is 99.9 cm³/mol. The van der Waals surface area contributed by atoms with Crippen LogP contribution in [0.25, 0.3) is 11.3 Å². The van der Waals surface area contributed by atoms with Crippen LogP contribution in [-0.2, 0) is 6.61 Å². The minimum Gasteiger partial charge on any atom is -0.489 e. The zero-order valence-corrected chi connectivity index (χ0v) is 14.8. The highest BCUT2D eigenvalue weighted by Crippen LogP contribution is 2.21. The number of imidazole rings is 1. The number of pyridine rings is 1. The van der Waals surface area contributed by atoms with Crippen molar-refractivity contribution < 1.29 is 9.53 Å². The number of aromatic nitrogens is 3. The fourth-order valence-corrected chi connectivity index (χ4v) is 2.41. The molecule has 6 heteroatoms. The fraction of sp³-hybridized carbons (Fsp3) is 0.250. The van der Waals surface area contributed by atoms with Gasteiger partial charge < -0.3 is 10.1 Å². The Balaban J connectivity index is 1.59. The molecule has 1 aromatic carbocycles. The first-order chi connectivity index (χ1) is 12.8. The summed E-state index contributed by atoms with van der Waals surface area (Å²) in [7, 11) is 0. The molecule has 2 aromatic heterocycles. The second kappa shape index (κ2) is 8.80. The van der Waals surface area contributed by atoms with Crippen LogP contribution in [0, 0.1) is 0 Å². The number of carbonyl (C=O) groups excluding carboxylic acids is 1. The highest BCUT2D eigenvalue weighted by molar-refractivity contribution is 5.77. The van der Waals surface area contributed by atoms with Gasteiger partial charge >= 0.3 is 6.03 Å². The summed E-state index contributed by atoms with van der Waals surface area (Å²) in [6.07, 6.45) is 8.77. The van der Waals surface area contributed by atoms with Gasteiger partial charge in [-0.1, -0.05) is 13.3 Å². The maximum Gasteiger partial charge on any atom is 0.326 e. The minimum atomic E-state index is -0.158. The van der Waals surface area contributed by atoms with E-state index in [1.54, 1.807) is 18.6 Å². The molecule has 0 spiro atoms. The molecule has 0 aliphatic rings. The Morgan fingerprint density at radius 2 is 1.92 bits per heavy atom. The third kappa shape index (κ3) is 4.69. The standard InChI is InChI=1S/C20H22N4O2/c1-2-3-10-22-20(25)24-13-19(23-15-24)17-4-6-18(7-5-17)26-14-16-8-11-21-12-9-16/h4-9,11-13,15H,2-3,10,14H2,1H3,(H,22,25). The van der Waals surface area contributed by atoms with E-state index in [2.05, 4.69) is 22.2 Å². The van der Waals surface area contributed by atoms with Crippen LogP contribution >= 0.6 is 0 Å². The molecule has 3 rings (SSSR count). The molecule has 26 heavy (non-hydrogen) atoms. The number of unbranched alkanes of at least 4 members (excludes halogenated alkanes) is 1. The number of hydrogen-bond acceptors (Lipinski definition) is 4. The van der Waals surface area contributed by atoms with Crippen LogP contribution in [0.3, 0.4) is 0 Å². The van der Waals surface area contributed by atoms with Crippen molar-refractivity contribution in [2.24, 2.45) is 0 Å². The minimum absolute atomic E-state index is 0.158. The third-order valence-corrected chi connectivity index (χ3v) is 3.93. The van der Waals surface area contributed by atoms with Crippen molar-refractivity contribution in [1.29, 1.82) is 0 Å². The molecule has 0 aliphatic carbocycles. The Kier molecular flexibility index (Phi) is 5.98. The molecular formula is C20H22N4O2. The van der Waals surface area contributed by atoms with Crippen molar-refractivity contribution in [3.63, 3.8) is 0 Å². The molecule has 1 amide bonds. The Bertz CT molecular complexity index is 829. The van der Waals surface area contributed by atoms with E-state index in [0.29, 0.717) is 13.2 Å². The smallest absolute Gasteiger partial charge is 0.326 e. The zero-order chi connectivity index (χ0) is 18.2. The summed E-state index contributed by atoms with van der Waals surface area (Å²) in [4.78, 5) is 20.3. The van der Waals surface area contributed by atoms with Gasteiger partial charge in [0.1, 0.15) is 18.7 Å². The molecule has 3 aromatic rings. The van der Waals surface area contributed by atoms with Gasteiger partial charge in [-0.2, -0.15) is 0 Å². The first-order valence-corrected chi connectivity index (χ1v) is 8.70. The van der Waals surface area contributed by atoms with E-state index in [1.807, 2.05) is 36.4 Å². The molecule has 0 bridgehead atoms. The monoisotopic (exact) mass is 350 g/mol. The summed E-state index contributed by atoms with van der Waals surface area (Å²) in [5, 5.41) is 2.87. The van der Waals surface area contributed by atoms with Gasteiger partial charge in [-0.15, -0.1) is 0 Å². The average Bonchev–Trinajstić information content (AvgIpc) is 3.18. The maximum absolute atomic E-state index is 12.0. The molecule has 134 valence electrons. The molecule has 0 aliphatic heterocycles. The number of amides is 1. The van der Waals surface area contributed by atoms with Crippen LogP contribution in [-0.4, -0.2) is 27.1 Å². The maximum atomic E-state index is 12.0. The Morgan fingerprint density at radius 3 is 2.65 bits per heavy atom. The van der Waals surface area contributed by atoms with Gasteiger partial charge in [0.05, 0.1) is 5.69 Å². The summed E-state index contributed by atoms with van der Waals surface area (Å²) in [6, 6.07) is 11.4. The topological polar surface area (TPSA) is 69.0 Å². The number of carbonyl (C=O) groups is 1. The largest absolute Gasteiger partial charge is 0.489 e. The van der Waals surface area contributed by atoms with Crippen LogP contribution in [0.2, 0.25) is 0 Å². The van der Waals surface area contributed by atoms with Crippen molar-refractivity contribution in [1.82, 2.24) is 19.9 Å². The van der Waals surface area contributed by atoms with Gasteiger partial charge in [-0.25, -0.2) is 9.78 Å². The molecule has 1 N–H and O–H groups in total. The first kappa shape index (κ1) is 17.7. The van der Waals surface area contributed by atoms with Gasteiger partial charge in [0.15, 0.2) is 0 Å². The summed E-state index contributed by atoms with van der Waals surface area (Å²) in [6.45, 7) is 3.26. The fourth-order valence-electron chi connectivity index (χ4n) is 2.41. The summed E-state index contributed by atoms with van der Waals surface area (Å²) in [5.41, 5.74) is 2.74. The highest BCUT2D eigenvalue weighted by atomic mass is 16.5. The normalized spacial score (nSPS) is 10.5. The molecule has 0 atom stereocenters. The quantitative estimate of drug-likeness (QED) is 0.657. The molecule has 0 saturated carbocycles. The number of rotatable bonds is 7. The summed E-state index contributed by atoms with van der Waals surface area (Å²) >= 11 is 0. The molecular weight excluding hydrogens is 328 g/mol. The van der Waals surface area contributed by atoms with E-state index in [-0.39, 0.29) is 6.03 Å². The zero-order valence-electron chi connectivity index (χ0n) is 14.8. The lowest BCUT2D eigenvalue weighted by Gasteiger charge is -2.06. The highest BCUT2D eigenvalue weighted by Gasteiger charge is 2.08. The number of nitrogens with zero attached hydrogens (tertiary/aromatic N) is 3. The SMILES string of the molecule is CCCCNC(=O)n1cnc(-c2ccc(OCc3ccncc3)cc2)c1. The van der Waals surface area contributed by atoms with Crippen LogP contribution in [0.5, 0.6) is 5.75 Å². The molecule has 6 nitrogen and oxygen atoms in total. The number of benzene rings is 1. The van der Waals surface area contributed by atoms with Crippen molar-refractivity contribution in [3.8, 4) is 17.0 Å². The second-order valence-electron chi connectivity index (χ2n) is 5.92. The Labute approximate surface area is 152 Å². The van der Waals surface area contributed by atoms with E-state index < -0.39 is 0 Å². The second-order valence-corrected chi connectivity index (χ2v) is 5.92. The van der Waals surface area contributed by atoms with Gasteiger partial charge in [0, 0.05) is 30.7 Å². The van der Waals surface area contributed by atoms with E-state index in [4.69, 9.17) is 4.74 Å². The van der Waals surface area contributed by atoms with Crippen molar-refractivity contribution >= 4 is 6.03 Å². The van der Waals surface area contributed by atoms with Crippen LogP contribution < -0.4 is 10.1 Å². The van der Waals surface area contributed by atoms with Crippen molar-refractivity contribution in [2.45, 2.75) is 26.4 Å².